The lowest BCUT2D eigenvalue weighted by Gasteiger charge is -2.26. The molecule has 1 aromatic rings. The quantitative estimate of drug-likeness (QED) is 0.719. The molecule has 1 amide bonds. The summed E-state index contributed by atoms with van der Waals surface area (Å²) in [6, 6.07) is 4.36. The van der Waals surface area contributed by atoms with Gasteiger partial charge in [-0.2, -0.15) is 4.31 Å². The summed E-state index contributed by atoms with van der Waals surface area (Å²) in [7, 11) is -0.946. The van der Waals surface area contributed by atoms with Gasteiger partial charge in [0.1, 0.15) is 5.75 Å². The van der Waals surface area contributed by atoms with Crippen molar-refractivity contribution in [2.45, 2.75) is 37.0 Å². The molecule has 1 aliphatic rings. The zero-order valence-electron chi connectivity index (χ0n) is 15.0. The van der Waals surface area contributed by atoms with E-state index < -0.39 is 21.9 Å². The van der Waals surface area contributed by atoms with Crippen LogP contribution in [0.4, 0.5) is 5.69 Å². The van der Waals surface area contributed by atoms with Crippen molar-refractivity contribution < 1.29 is 27.5 Å². The number of ether oxygens (including phenoxy) is 2. The van der Waals surface area contributed by atoms with Gasteiger partial charge in [-0.05, 0) is 31.0 Å². The van der Waals surface area contributed by atoms with Crippen LogP contribution in [-0.4, -0.2) is 51.9 Å². The molecule has 8 nitrogen and oxygen atoms in total. The number of carbonyl (C=O) groups excluding carboxylic acids is 2. The van der Waals surface area contributed by atoms with Gasteiger partial charge in [0.2, 0.25) is 15.9 Å². The maximum Gasteiger partial charge on any atom is 0.306 e. The summed E-state index contributed by atoms with van der Waals surface area (Å²) >= 11 is 0. The molecule has 2 rings (SSSR count). The highest BCUT2D eigenvalue weighted by atomic mass is 32.2. The molecule has 26 heavy (non-hydrogen) atoms. The number of piperidine rings is 1. The number of benzene rings is 1. The second-order valence-electron chi connectivity index (χ2n) is 5.95. The van der Waals surface area contributed by atoms with E-state index in [0.29, 0.717) is 18.8 Å². The van der Waals surface area contributed by atoms with Crippen LogP contribution in [0.2, 0.25) is 0 Å². The highest BCUT2D eigenvalue weighted by Crippen LogP contribution is 2.30. The number of rotatable bonds is 7. The number of anilines is 1. The van der Waals surface area contributed by atoms with Gasteiger partial charge in [0.05, 0.1) is 31.2 Å². The molecule has 1 heterocycles. The molecule has 1 saturated heterocycles. The lowest BCUT2D eigenvalue weighted by Crippen LogP contribution is -2.35. The molecule has 9 heteroatoms. The Morgan fingerprint density at radius 2 is 1.81 bits per heavy atom. The summed E-state index contributed by atoms with van der Waals surface area (Å²) in [5.41, 5.74) is 0.250. The third kappa shape index (κ3) is 4.95. The number of hydrogen-bond donors (Lipinski definition) is 1. The minimum atomic E-state index is -3.62. The lowest BCUT2D eigenvalue weighted by molar-refractivity contribution is -0.141. The Bertz CT molecular complexity index is 757. The molecule has 0 aliphatic carbocycles. The fourth-order valence-corrected chi connectivity index (χ4v) is 4.27. The molecule has 0 bridgehead atoms. The fourth-order valence-electron chi connectivity index (χ4n) is 2.73. The van der Waals surface area contributed by atoms with Gasteiger partial charge in [-0.25, -0.2) is 8.42 Å². The number of esters is 1. The molecular formula is C17H24N2O6S. The first-order chi connectivity index (χ1) is 12.4. The van der Waals surface area contributed by atoms with E-state index in [1.165, 1.54) is 36.7 Å². The van der Waals surface area contributed by atoms with Crippen molar-refractivity contribution in [3.63, 3.8) is 0 Å². The van der Waals surface area contributed by atoms with E-state index in [1.807, 2.05) is 0 Å². The van der Waals surface area contributed by atoms with Crippen molar-refractivity contribution in [2.24, 2.45) is 0 Å². The van der Waals surface area contributed by atoms with Gasteiger partial charge in [-0.15, -0.1) is 0 Å². The van der Waals surface area contributed by atoms with Crippen molar-refractivity contribution >= 4 is 27.6 Å². The maximum atomic E-state index is 12.8. The molecule has 1 aromatic carbocycles. The van der Waals surface area contributed by atoms with E-state index in [0.717, 1.165) is 19.3 Å². The molecule has 0 aromatic heterocycles. The largest absolute Gasteiger partial charge is 0.495 e. The molecule has 0 spiro atoms. The molecular weight excluding hydrogens is 360 g/mol. The zero-order chi connectivity index (χ0) is 19.2. The van der Waals surface area contributed by atoms with Gasteiger partial charge in [0, 0.05) is 19.5 Å². The van der Waals surface area contributed by atoms with Crippen molar-refractivity contribution in [2.75, 3.05) is 32.6 Å². The Morgan fingerprint density at radius 1 is 1.12 bits per heavy atom. The summed E-state index contributed by atoms with van der Waals surface area (Å²) in [5.74, 6) is -0.580. The Kier molecular flexibility index (Phi) is 6.98. The van der Waals surface area contributed by atoms with Gasteiger partial charge < -0.3 is 14.8 Å². The first kappa shape index (κ1) is 20.2. The number of nitrogens with one attached hydrogen (secondary N) is 1. The van der Waals surface area contributed by atoms with E-state index in [9.17, 15) is 18.0 Å². The number of sulfonamides is 1. The second-order valence-corrected chi connectivity index (χ2v) is 7.89. The van der Waals surface area contributed by atoms with Crippen molar-refractivity contribution in [3.8, 4) is 5.75 Å². The standard InChI is InChI=1S/C17H24N2O6S/c1-24-15-7-6-13(26(22,23)19-10-4-3-5-11-19)12-14(15)18-16(20)8-9-17(21)25-2/h6-7,12H,3-5,8-11H2,1-2H3,(H,18,20). The second kappa shape index (κ2) is 9.00. The van der Waals surface area contributed by atoms with Gasteiger partial charge >= 0.3 is 5.97 Å². The molecule has 0 atom stereocenters. The maximum absolute atomic E-state index is 12.8. The Morgan fingerprint density at radius 3 is 2.42 bits per heavy atom. The van der Waals surface area contributed by atoms with Crippen LogP contribution < -0.4 is 10.1 Å². The number of hydrogen-bond acceptors (Lipinski definition) is 6. The van der Waals surface area contributed by atoms with Crippen LogP contribution in [0.3, 0.4) is 0 Å². The number of methoxy groups -OCH3 is 2. The molecule has 0 saturated carbocycles. The van der Waals surface area contributed by atoms with Crippen LogP contribution in [0.5, 0.6) is 5.75 Å². The number of amides is 1. The highest BCUT2D eigenvalue weighted by Gasteiger charge is 2.27. The molecule has 0 radical (unpaired) electrons. The number of carbonyl (C=O) groups is 2. The monoisotopic (exact) mass is 384 g/mol. The zero-order valence-corrected chi connectivity index (χ0v) is 15.8. The van der Waals surface area contributed by atoms with Crippen LogP contribution in [-0.2, 0) is 24.3 Å². The minimum Gasteiger partial charge on any atom is -0.495 e. The average Bonchev–Trinajstić information content (AvgIpc) is 2.66. The molecule has 1 aliphatic heterocycles. The van der Waals surface area contributed by atoms with Crippen molar-refractivity contribution in [3.05, 3.63) is 18.2 Å². The van der Waals surface area contributed by atoms with E-state index in [-0.39, 0.29) is 23.4 Å². The summed E-state index contributed by atoms with van der Waals surface area (Å²) in [6.45, 7) is 0.990. The van der Waals surface area contributed by atoms with Gasteiger partial charge in [0.25, 0.3) is 0 Å². The summed E-state index contributed by atoms with van der Waals surface area (Å²) in [5, 5.41) is 2.60. The van der Waals surface area contributed by atoms with Crippen LogP contribution in [0.15, 0.2) is 23.1 Å². The highest BCUT2D eigenvalue weighted by molar-refractivity contribution is 7.89. The number of nitrogens with zero attached hydrogens (tertiary/aromatic N) is 1. The molecule has 1 fully saturated rings. The third-order valence-electron chi connectivity index (χ3n) is 4.18. The summed E-state index contributed by atoms with van der Waals surface area (Å²) in [4.78, 5) is 23.3. The Hall–Kier alpha value is -2.13. The normalized spacial score (nSPS) is 15.3. The SMILES string of the molecule is COC(=O)CCC(=O)Nc1cc(S(=O)(=O)N2CCCCC2)ccc1OC. The first-order valence-electron chi connectivity index (χ1n) is 8.43. The van der Waals surface area contributed by atoms with Gasteiger partial charge in [-0.3, -0.25) is 9.59 Å². The van der Waals surface area contributed by atoms with E-state index >= 15 is 0 Å². The van der Waals surface area contributed by atoms with E-state index in [2.05, 4.69) is 10.1 Å². The van der Waals surface area contributed by atoms with Crippen LogP contribution in [0, 0.1) is 0 Å². The molecule has 144 valence electrons. The van der Waals surface area contributed by atoms with Crippen molar-refractivity contribution in [1.82, 2.24) is 4.31 Å². The van der Waals surface area contributed by atoms with E-state index in [1.54, 1.807) is 0 Å². The molecule has 1 N–H and O–H groups in total. The lowest BCUT2D eigenvalue weighted by atomic mass is 10.2. The Balaban J connectivity index is 2.19. The van der Waals surface area contributed by atoms with E-state index in [4.69, 9.17) is 4.74 Å². The van der Waals surface area contributed by atoms with Gasteiger partial charge in [-0.1, -0.05) is 6.42 Å². The van der Waals surface area contributed by atoms with Gasteiger partial charge in [0.15, 0.2) is 0 Å². The van der Waals surface area contributed by atoms with Crippen LogP contribution in [0.25, 0.3) is 0 Å². The fraction of sp³-hybridized carbons (Fsp3) is 0.529. The smallest absolute Gasteiger partial charge is 0.306 e. The predicted molar refractivity (Wildman–Crippen MR) is 95.5 cm³/mol. The van der Waals surface area contributed by atoms with Crippen LogP contribution in [0.1, 0.15) is 32.1 Å². The predicted octanol–water partition coefficient (Wildman–Crippen LogP) is 1.76. The summed E-state index contributed by atoms with van der Waals surface area (Å²) < 4.78 is 36.7. The molecule has 0 unspecified atom stereocenters. The van der Waals surface area contributed by atoms with Crippen LogP contribution >= 0.6 is 0 Å². The topological polar surface area (TPSA) is 102 Å². The Labute approximate surface area is 153 Å². The first-order valence-corrected chi connectivity index (χ1v) is 9.87. The minimum absolute atomic E-state index is 0.0591. The van der Waals surface area contributed by atoms with Crippen molar-refractivity contribution in [1.29, 1.82) is 0 Å². The third-order valence-corrected chi connectivity index (χ3v) is 6.08. The average molecular weight is 384 g/mol. The summed E-state index contributed by atoms with van der Waals surface area (Å²) in [6.07, 6.45) is 2.57.